The van der Waals surface area contributed by atoms with Gasteiger partial charge in [-0.15, -0.1) is 0 Å². The molecule has 0 bridgehead atoms. The lowest BCUT2D eigenvalue weighted by Crippen LogP contribution is -2.28. The first-order valence-electron chi connectivity index (χ1n) is 26.1. The van der Waals surface area contributed by atoms with Crippen LogP contribution in [0, 0.1) is 0 Å². The maximum Gasteiger partial charge on any atom is 0.306 e. The fourth-order valence-corrected chi connectivity index (χ4v) is 6.88. The van der Waals surface area contributed by atoms with E-state index in [4.69, 9.17) is 9.47 Å². The van der Waals surface area contributed by atoms with Crippen LogP contribution in [0.5, 0.6) is 0 Å². The molecular weight excluding hydrogens is 789 g/mol. The Balaban J connectivity index is 3.64. The van der Waals surface area contributed by atoms with Gasteiger partial charge < -0.3 is 14.6 Å². The van der Waals surface area contributed by atoms with Gasteiger partial charge in [-0.05, 0) is 89.9 Å². The normalized spacial score (nSPS) is 13.2. The molecule has 0 fully saturated rings. The van der Waals surface area contributed by atoms with E-state index in [0.29, 0.717) is 12.8 Å². The number of ether oxygens (including phenoxy) is 2. The lowest BCUT2D eigenvalue weighted by atomic mass is 10.0. The Kier molecular flexibility index (Phi) is 50.5. The van der Waals surface area contributed by atoms with Gasteiger partial charge in [-0.2, -0.15) is 0 Å². The summed E-state index contributed by atoms with van der Waals surface area (Å²) in [4.78, 5) is 24.4. The summed E-state index contributed by atoms with van der Waals surface area (Å²) in [5.41, 5.74) is 0. The number of allylic oxidation sites excluding steroid dienone is 20. The Hall–Kier alpha value is -3.70. The number of carbonyl (C=O) groups excluding carboxylic acids is 2. The third kappa shape index (κ3) is 50.9. The van der Waals surface area contributed by atoms with Gasteiger partial charge in [0, 0.05) is 12.8 Å². The highest BCUT2D eigenvalue weighted by Gasteiger charge is 2.16. The molecule has 0 aliphatic carbocycles. The Morgan fingerprint density at radius 2 is 0.672 bits per heavy atom. The summed E-state index contributed by atoms with van der Waals surface area (Å²) in [6.07, 6.45) is 78.7. The standard InChI is InChI=1S/C59H96O5/c1-3-5-7-9-11-13-15-17-18-19-20-21-22-23-24-25-26-27-28-29-30-31-32-33-34-35-36-37-38-39-40-42-44-46-48-50-52-54-59(62)64-57(55-60)56-63-58(61)53-51-49-47-45-43-41-16-14-12-10-8-6-4-2/h5,7,11,13,17-18,20-21,23-24,26-27,29-30,32-33,35-36,38-39,57,60H,3-4,6,8-10,12,14-16,19,22,25,28,31,34,37,40-56H2,1-2H3/b7-5-,13-11-,18-17-,21-20-,24-23-,27-26-,30-29-,33-32-,36-35-,39-38-. The number of hydrogen-bond donors (Lipinski definition) is 1. The van der Waals surface area contributed by atoms with E-state index >= 15 is 0 Å². The van der Waals surface area contributed by atoms with Crippen LogP contribution in [0.2, 0.25) is 0 Å². The van der Waals surface area contributed by atoms with Gasteiger partial charge in [-0.1, -0.05) is 238 Å². The molecule has 1 N–H and O–H groups in total. The summed E-state index contributed by atoms with van der Waals surface area (Å²) in [6, 6.07) is 0. The topological polar surface area (TPSA) is 72.8 Å². The van der Waals surface area contributed by atoms with Crippen molar-refractivity contribution in [2.24, 2.45) is 0 Å². The predicted octanol–water partition coefficient (Wildman–Crippen LogP) is 17.5. The fraction of sp³-hybridized carbons (Fsp3) is 0.627. The minimum Gasteiger partial charge on any atom is -0.462 e. The maximum atomic E-state index is 12.3. The first-order chi connectivity index (χ1) is 31.6. The van der Waals surface area contributed by atoms with Gasteiger partial charge in [0.15, 0.2) is 6.10 Å². The van der Waals surface area contributed by atoms with Crippen molar-refractivity contribution in [2.45, 2.75) is 225 Å². The zero-order valence-corrected chi connectivity index (χ0v) is 41.2. The zero-order chi connectivity index (χ0) is 46.3. The van der Waals surface area contributed by atoms with E-state index in [9.17, 15) is 14.7 Å². The highest BCUT2D eigenvalue weighted by molar-refractivity contribution is 5.70. The number of unbranched alkanes of at least 4 members (excludes halogenated alkanes) is 18. The lowest BCUT2D eigenvalue weighted by Gasteiger charge is -2.15. The molecule has 1 unspecified atom stereocenters. The van der Waals surface area contributed by atoms with Crippen molar-refractivity contribution >= 4 is 11.9 Å². The zero-order valence-electron chi connectivity index (χ0n) is 41.2. The molecule has 0 saturated heterocycles. The van der Waals surface area contributed by atoms with E-state index in [2.05, 4.69) is 135 Å². The van der Waals surface area contributed by atoms with Crippen molar-refractivity contribution in [3.05, 3.63) is 122 Å². The number of rotatable bonds is 46. The molecule has 0 heterocycles. The molecule has 0 aliphatic rings. The van der Waals surface area contributed by atoms with Crippen LogP contribution in [0.25, 0.3) is 0 Å². The second kappa shape index (κ2) is 53.6. The SMILES string of the molecule is CC/C=C\C/C=C\C/C=C\C/C=C\C/C=C\C/C=C\C/C=C\C/C=C\C/C=C\C/C=C\CCCCCCCCC(=O)OC(CO)COC(=O)CCCCCCCCCCCCCCC. The molecule has 0 aliphatic heterocycles. The summed E-state index contributed by atoms with van der Waals surface area (Å²) in [7, 11) is 0. The Morgan fingerprint density at radius 1 is 0.375 bits per heavy atom. The molecule has 0 amide bonds. The third-order valence-corrected chi connectivity index (χ3v) is 10.8. The number of hydrogen-bond acceptors (Lipinski definition) is 5. The van der Waals surface area contributed by atoms with Crippen LogP contribution < -0.4 is 0 Å². The van der Waals surface area contributed by atoms with Crippen molar-refractivity contribution in [1.29, 1.82) is 0 Å². The van der Waals surface area contributed by atoms with Crippen LogP contribution in [0.15, 0.2) is 122 Å². The summed E-state index contributed by atoms with van der Waals surface area (Å²) in [5.74, 6) is -0.612. The molecule has 5 nitrogen and oxygen atoms in total. The van der Waals surface area contributed by atoms with E-state index in [1.54, 1.807) is 0 Å². The monoisotopic (exact) mass is 885 g/mol. The summed E-state index contributed by atoms with van der Waals surface area (Å²) >= 11 is 0. The largest absolute Gasteiger partial charge is 0.462 e. The second-order valence-electron chi connectivity index (χ2n) is 16.9. The minimum absolute atomic E-state index is 0.0761. The molecule has 0 aromatic rings. The summed E-state index contributed by atoms with van der Waals surface area (Å²) in [5, 5.41) is 9.60. The van der Waals surface area contributed by atoms with Crippen molar-refractivity contribution in [2.75, 3.05) is 13.2 Å². The van der Waals surface area contributed by atoms with E-state index < -0.39 is 6.10 Å². The number of esters is 2. The molecule has 0 aromatic carbocycles. The van der Waals surface area contributed by atoms with Crippen molar-refractivity contribution < 1.29 is 24.2 Å². The minimum atomic E-state index is -0.785. The van der Waals surface area contributed by atoms with Gasteiger partial charge in [0.1, 0.15) is 6.61 Å². The van der Waals surface area contributed by atoms with E-state index in [1.807, 2.05) is 0 Å². The Labute approximate surface area is 394 Å². The summed E-state index contributed by atoms with van der Waals surface area (Å²) in [6.45, 7) is 4.01. The van der Waals surface area contributed by atoms with Crippen LogP contribution in [-0.2, 0) is 19.1 Å². The number of aliphatic hydroxyl groups excluding tert-OH is 1. The Morgan fingerprint density at radius 3 is 1.02 bits per heavy atom. The molecular formula is C59H96O5. The average molecular weight is 885 g/mol. The van der Waals surface area contributed by atoms with Crippen LogP contribution in [0.1, 0.15) is 219 Å². The van der Waals surface area contributed by atoms with E-state index in [1.165, 1.54) is 83.5 Å². The number of carbonyl (C=O) groups is 2. The van der Waals surface area contributed by atoms with Crippen LogP contribution in [0.4, 0.5) is 0 Å². The molecule has 5 heteroatoms. The highest BCUT2D eigenvalue weighted by Crippen LogP contribution is 2.14. The van der Waals surface area contributed by atoms with Crippen molar-refractivity contribution in [3.8, 4) is 0 Å². The maximum absolute atomic E-state index is 12.3. The van der Waals surface area contributed by atoms with Gasteiger partial charge in [0.2, 0.25) is 0 Å². The van der Waals surface area contributed by atoms with Gasteiger partial charge in [0.05, 0.1) is 6.61 Å². The first-order valence-corrected chi connectivity index (χ1v) is 26.1. The molecule has 362 valence electrons. The molecule has 0 aromatic heterocycles. The molecule has 0 spiro atoms. The highest BCUT2D eigenvalue weighted by atomic mass is 16.6. The summed E-state index contributed by atoms with van der Waals surface area (Å²) < 4.78 is 10.6. The van der Waals surface area contributed by atoms with Gasteiger partial charge in [0.25, 0.3) is 0 Å². The molecule has 0 radical (unpaired) electrons. The van der Waals surface area contributed by atoms with Crippen LogP contribution >= 0.6 is 0 Å². The Bertz CT molecular complexity index is 1320. The van der Waals surface area contributed by atoms with Gasteiger partial charge >= 0.3 is 11.9 Å². The molecule has 64 heavy (non-hydrogen) atoms. The average Bonchev–Trinajstić information content (AvgIpc) is 3.30. The smallest absolute Gasteiger partial charge is 0.306 e. The molecule has 0 rings (SSSR count). The first kappa shape index (κ1) is 60.3. The van der Waals surface area contributed by atoms with Gasteiger partial charge in [-0.25, -0.2) is 0 Å². The van der Waals surface area contributed by atoms with Crippen LogP contribution in [-0.4, -0.2) is 36.4 Å². The number of aliphatic hydroxyl groups is 1. The second-order valence-corrected chi connectivity index (χ2v) is 16.9. The van der Waals surface area contributed by atoms with E-state index in [0.717, 1.165) is 109 Å². The van der Waals surface area contributed by atoms with Crippen molar-refractivity contribution in [3.63, 3.8) is 0 Å². The third-order valence-electron chi connectivity index (χ3n) is 10.8. The fourth-order valence-electron chi connectivity index (χ4n) is 6.88. The van der Waals surface area contributed by atoms with E-state index in [-0.39, 0.29) is 25.2 Å². The van der Waals surface area contributed by atoms with Crippen molar-refractivity contribution in [1.82, 2.24) is 0 Å². The molecule has 1 atom stereocenters. The lowest BCUT2D eigenvalue weighted by molar-refractivity contribution is -0.161. The quantitative estimate of drug-likeness (QED) is 0.0375. The molecule has 0 saturated carbocycles. The van der Waals surface area contributed by atoms with Crippen LogP contribution in [0.3, 0.4) is 0 Å². The van der Waals surface area contributed by atoms with Gasteiger partial charge in [-0.3, -0.25) is 9.59 Å². The predicted molar refractivity (Wildman–Crippen MR) is 278 cm³/mol.